The first-order valence-corrected chi connectivity index (χ1v) is 10.6. The van der Waals surface area contributed by atoms with Crippen molar-refractivity contribution in [3.05, 3.63) is 23.8 Å². The number of ether oxygens (including phenoxy) is 2. The minimum Gasteiger partial charge on any atom is -0.497 e. The van der Waals surface area contributed by atoms with E-state index >= 15 is 0 Å². The van der Waals surface area contributed by atoms with E-state index < -0.39 is 6.10 Å². The molecule has 0 aromatic heterocycles. The normalized spacial score (nSPS) is 20.2. The lowest BCUT2D eigenvalue weighted by Crippen LogP contribution is -2.41. The maximum Gasteiger partial charge on any atom is 0.124 e. The topological polar surface area (TPSA) is 65.4 Å². The van der Waals surface area contributed by atoms with Gasteiger partial charge in [-0.1, -0.05) is 6.42 Å². The molecular formula is C22H36N2O4. The van der Waals surface area contributed by atoms with E-state index in [2.05, 4.69) is 16.8 Å². The van der Waals surface area contributed by atoms with Crippen LogP contribution >= 0.6 is 0 Å². The Morgan fingerprint density at radius 1 is 1.21 bits per heavy atom. The van der Waals surface area contributed by atoms with Crippen molar-refractivity contribution >= 4 is 0 Å². The number of likely N-dealkylation sites (tertiary alicyclic amines) is 1. The molecule has 1 unspecified atom stereocenters. The van der Waals surface area contributed by atoms with Gasteiger partial charge in [-0.3, -0.25) is 0 Å². The molecule has 3 rings (SSSR count). The van der Waals surface area contributed by atoms with Crippen molar-refractivity contribution in [2.24, 2.45) is 5.92 Å². The molecule has 0 bridgehead atoms. The van der Waals surface area contributed by atoms with Crippen LogP contribution in [0.2, 0.25) is 0 Å². The average molecular weight is 393 g/mol. The molecule has 6 nitrogen and oxygen atoms in total. The lowest BCUT2D eigenvalue weighted by molar-refractivity contribution is 0.0335. The molecule has 1 aliphatic heterocycles. The summed E-state index contributed by atoms with van der Waals surface area (Å²) < 4.78 is 11.4. The summed E-state index contributed by atoms with van der Waals surface area (Å²) in [5.41, 5.74) is 1.09. The van der Waals surface area contributed by atoms with Gasteiger partial charge in [0, 0.05) is 38.3 Å². The van der Waals surface area contributed by atoms with Crippen molar-refractivity contribution in [3.8, 4) is 11.5 Å². The van der Waals surface area contributed by atoms with Crippen LogP contribution in [0.5, 0.6) is 11.5 Å². The van der Waals surface area contributed by atoms with Gasteiger partial charge in [-0.05, 0) is 56.8 Å². The second-order valence-corrected chi connectivity index (χ2v) is 8.46. The van der Waals surface area contributed by atoms with Crippen LogP contribution < -0.4 is 9.47 Å². The van der Waals surface area contributed by atoms with Gasteiger partial charge >= 0.3 is 0 Å². The predicted molar refractivity (Wildman–Crippen MR) is 110 cm³/mol. The first kappa shape index (κ1) is 21.4. The molecule has 1 saturated heterocycles. The van der Waals surface area contributed by atoms with Crippen LogP contribution in [0.3, 0.4) is 0 Å². The van der Waals surface area contributed by atoms with Crippen molar-refractivity contribution in [1.82, 2.24) is 9.80 Å². The quantitative estimate of drug-likeness (QED) is 0.636. The molecule has 1 atom stereocenters. The minimum atomic E-state index is -0.544. The Balaban J connectivity index is 1.52. The highest BCUT2D eigenvalue weighted by Gasteiger charge is 2.21. The van der Waals surface area contributed by atoms with Crippen molar-refractivity contribution in [2.45, 2.75) is 50.9 Å². The Kier molecular flexibility index (Phi) is 7.97. The molecule has 1 aliphatic carbocycles. The molecule has 158 valence electrons. The monoisotopic (exact) mass is 392 g/mol. The van der Waals surface area contributed by atoms with Crippen LogP contribution in [0.15, 0.2) is 18.2 Å². The maximum absolute atomic E-state index is 10.4. The van der Waals surface area contributed by atoms with E-state index in [0.717, 1.165) is 62.0 Å². The van der Waals surface area contributed by atoms with E-state index in [9.17, 15) is 10.2 Å². The molecule has 1 saturated carbocycles. The van der Waals surface area contributed by atoms with Crippen LogP contribution in [-0.4, -0.2) is 79.2 Å². The summed E-state index contributed by atoms with van der Waals surface area (Å²) >= 11 is 0. The number of benzene rings is 1. The van der Waals surface area contributed by atoms with Gasteiger partial charge in [0.1, 0.15) is 24.2 Å². The van der Waals surface area contributed by atoms with Gasteiger partial charge in [-0.15, -0.1) is 0 Å². The van der Waals surface area contributed by atoms with Gasteiger partial charge in [0.15, 0.2) is 0 Å². The van der Waals surface area contributed by atoms with Gasteiger partial charge in [-0.25, -0.2) is 0 Å². The molecule has 0 radical (unpaired) electrons. The number of nitrogens with zero attached hydrogens (tertiary/aromatic N) is 2. The summed E-state index contributed by atoms with van der Waals surface area (Å²) in [7, 11) is 3.83. The molecule has 1 aromatic rings. The fourth-order valence-corrected chi connectivity index (χ4v) is 4.06. The highest BCUT2D eigenvalue weighted by molar-refractivity contribution is 5.40. The minimum absolute atomic E-state index is 0.191. The number of hydrogen-bond donors (Lipinski definition) is 2. The predicted octanol–water partition coefficient (Wildman–Crippen LogP) is 2.12. The number of methoxy groups -OCH3 is 1. The molecular weight excluding hydrogens is 356 g/mol. The lowest BCUT2D eigenvalue weighted by atomic mass is 9.85. The van der Waals surface area contributed by atoms with Crippen molar-refractivity contribution < 1.29 is 19.7 Å². The molecule has 6 heteroatoms. The summed E-state index contributed by atoms with van der Waals surface area (Å²) in [6, 6.07) is 5.88. The fraction of sp³-hybridized carbons (Fsp3) is 0.727. The van der Waals surface area contributed by atoms with Crippen molar-refractivity contribution in [3.63, 3.8) is 0 Å². The fourth-order valence-electron chi connectivity index (χ4n) is 4.06. The second-order valence-electron chi connectivity index (χ2n) is 8.46. The zero-order valence-electron chi connectivity index (χ0n) is 17.3. The van der Waals surface area contributed by atoms with E-state index in [1.807, 2.05) is 18.2 Å². The molecule has 1 aromatic carbocycles. The van der Waals surface area contributed by atoms with E-state index in [1.165, 1.54) is 19.3 Å². The highest BCUT2D eigenvalue weighted by atomic mass is 16.5. The smallest absolute Gasteiger partial charge is 0.124 e. The van der Waals surface area contributed by atoms with Crippen LogP contribution in [0.1, 0.15) is 37.7 Å². The van der Waals surface area contributed by atoms with Crippen LogP contribution in [-0.2, 0) is 6.54 Å². The number of aliphatic hydroxyl groups excluding tert-OH is 2. The van der Waals surface area contributed by atoms with Gasteiger partial charge in [0.2, 0.25) is 0 Å². The number of piperidine rings is 1. The third-order valence-corrected chi connectivity index (χ3v) is 5.96. The Bertz CT molecular complexity index is 600. The Labute approximate surface area is 169 Å². The van der Waals surface area contributed by atoms with E-state index in [1.54, 1.807) is 7.11 Å². The second kappa shape index (κ2) is 10.4. The Morgan fingerprint density at radius 3 is 2.61 bits per heavy atom. The first-order chi connectivity index (χ1) is 13.5. The van der Waals surface area contributed by atoms with Crippen molar-refractivity contribution in [2.75, 3.05) is 46.9 Å². The summed E-state index contributed by atoms with van der Waals surface area (Å²) in [4.78, 5) is 4.54. The highest BCUT2D eigenvalue weighted by Crippen LogP contribution is 2.29. The molecule has 0 amide bonds. The largest absolute Gasteiger partial charge is 0.497 e. The molecule has 1 heterocycles. The molecule has 2 fully saturated rings. The molecule has 2 aliphatic rings. The maximum atomic E-state index is 10.4. The average Bonchev–Trinajstić information content (AvgIpc) is 2.65. The van der Waals surface area contributed by atoms with Gasteiger partial charge in [-0.2, -0.15) is 0 Å². The zero-order chi connectivity index (χ0) is 19.9. The van der Waals surface area contributed by atoms with E-state index in [-0.39, 0.29) is 12.7 Å². The zero-order valence-corrected chi connectivity index (χ0v) is 17.3. The van der Waals surface area contributed by atoms with E-state index in [4.69, 9.17) is 9.47 Å². The first-order valence-electron chi connectivity index (χ1n) is 10.6. The van der Waals surface area contributed by atoms with Crippen LogP contribution in [0, 0.1) is 5.92 Å². The van der Waals surface area contributed by atoms with Gasteiger partial charge in [0.25, 0.3) is 0 Å². The molecule has 0 spiro atoms. The van der Waals surface area contributed by atoms with Gasteiger partial charge < -0.3 is 29.5 Å². The van der Waals surface area contributed by atoms with Crippen LogP contribution in [0.25, 0.3) is 0 Å². The summed E-state index contributed by atoms with van der Waals surface area (Å²) in [5, 5.41) is 20.0. The third-order valence-electron chi connectivity index (χ3n) is 5.96. The van der Waals surface area contributed by atoms with Crippen LogP contribution in [0.4, 0.5) is 0 Å². The Hall–Kier alpha value is -1.34. The number of hydrogen-bond acceptors (Lipinski definition) is 6. The number of rotatable bonds is 10. The van der Waals surface area contributed by atoms with E-state index in [0.29, 0.717) is 6.54 Å². The number of aliphatic hydroxyl groups is 2. The number of β-amino-alcohol motifs (C(OH)–C–C–N with tert-alkyl or cyclic N) is 1. The van der Waals surface area contributed by atoms with Gasteiger partial charge in [0.05, 0.1) is 13.2 Å². The molecule has 2 N–H and O–H groups in total. The SMILES string of the molecule is COc1ccc(OCC(O)CN2CCC(O)CC2)c(CN(C)CC2CCC2)c1. The Morgan fingerprint density at radius 2 is 1.96 bits per heavy atom. The van der Waals surface area contributed by atoms with Crippen molar-refractivity contribution in [1.29, 1.82) is 0 Å². The summed E-state index contributed by atoms with van der Waals surface area (Å²) in [6.45, 7) is 4.43. The summed E-state index contributed by atoms with van der Waals surface area (Å²) in [5.74, 6) is 2.46. The third kappa shape index (κ3) is 6.34. The standard InChI is InChI=1S/C22H36N2O4/c1-23(13-17-4-3-5-17)14-18-12-21(27-2)6-7-22(18)28-16-20(26)15-24-10-8-19(25)9-11-24/h6-7,12,17,19-20,25-26H,3-5,8-11,13-16H2,1-2H3. The lowest BCUT2D eigenvalue weighted by Gasteiger charge is -2.31. The molecule has 28 heavy (non-hydrogen) atoms. The summed E-state index contributed by atoms with van der Waals surface area (Å²) in [6.07, 6.45) is 4.87.